The van der Waals surface area contributed by atoms with E-state index >= 15 is 0 Å². The van der Waals surface area contributed by atoms with Gasteiger partial charge in [0.15, 0.2) is 0 Å². The van der Waals surface area contributed by atoms with Crippen molar-refractivity contribution in [3.8, 4) is 0 Å². The van der Waals surface area contributed by atoms with Crippen LogP contribution in [0.15, 0.2) is 0 Å². The molecular formula is C18H28N2O4. The van der Waals surface area contributed by atoms with E-state index in [1.54, 1.807) is 0 Å². The zero-order valence-corrected chi connectivity index (χ0v) is 14.4. The van der Waals surface area contributed by atoms with Crippen LogP contribution in [0.5, 0.6) is 0 Å². The maximum absolute atomic E-state index is 11.9. The van der Waals surface area contributed by atoms with Gasteiger partial charge < -0.3 is 0 Å². The van der Waals surface area contributed by atoms with Crippen LogP contribution in [-0.2, 0) is 19.2 Å². The predicted octanol–water partition coefficient (Wildman–Crippen LogP) is 2.41. The minimum Gasteiger partial charge on any atom is -0.283 e. The number of unbranched alkanes of at least 4 members (excludes halogenated alkanes) is 5. The monoisotopic (exact) mass is 336 g/mol. The summed E-state index contributed by atoms with van der Waals surface area (Å²) in [5.41, 5.74) is 0. The van der Waals surface area contributed by atoms with E-state index in [1.165, 1.54) is 9.80 Å². The van der Waals surface area contributed by atoms with E-state index in [0.29, 0.717) is 38.8 Å². The van der Waals surface area contributed by atoms with Crippen LogP contribution in [0.4, 0.5) is 0 Å². The number of hydrogen-bond donors (Lipinski definition) is 0. The molecule has 0 N–H and O–H groups in total. The molecule has 2 aliphatic rings. The van der Waals surface area contributed by atoms with Crippen LogP contribution < -0.4 is 0 Å². The van der Waals surface area contributed by atoms with E-state index in [4.69, 9.17) is 0 Å². The molecule has 2 aliphatic heterocycles. The van der Waals surface area contributed by atoms with Gasteiger partial charge in [0.05, 0.1) is 0 Å². The zero-order valence-electron chi connectivity index (χ0n) is 14.4. The van der Waals surface area contributed by atoms with Crippen molar-refractivity contribution in [1.82, 2.24) is 9.80 Å². The third kappa shape index (κ3) is 5.42. The molecule has 2 saturated heterocycles. The van der Waals surface area contributed by atoms with Crippen LogP contribution in [0.2, 0.25) is 0 Å². The Morgan fingerprint density at radius 2 is 1.04 bits per heavy atom. The molecule has 0 aromatic carbocycles. The number of likely N-dealkylation sites (tertiary alicyclic amines) is 2. The van der Waals surface area contributed by atoms with Crippen molar-refractivity contribution in [2.75, 3.05) is 13.1 Å². The first-order valence-corrected chi connectivity index (χ1v) is 9.26. The quantitative estimate of drug-likeness (QED) is 0.606. The molecule has 6 heteroatoms. The van der Waals surface area contributed by atoms with Gasteiger partial charge in [0.25, 0.3) is 0 Å². The Balaban J connectivity index is 1.44. The Kier molecular flexibility index (Phi) is 7.40. The Hall–Kier alpha value is -1.72. The molecule has 0 bridgehead atoms. The molecule has 0 radical (unpaired) electrons. The Morgan fingerprint density at radius 1 is 0.667 bits per heavy atom. The van der Waals surface area contributed by atoms with Gasteiger partial charge in [0.1, 0.15) is 0 Å². The van der Waals surface area contributed by atoms with Crippen LogP contribution in [-0.4, -0.2) is 46.5 Å². The van der Waals surface area contributed by atoms with Crippen molar-refractivity contribution in [1.29, 1.82) is 0 Å². The van der Waals surface area contributed by atoms with Gasteiger partial charge in [0, 0.05) is 38.8 Å². The van der Waals surface area contributed by atoms with Crippen molar-refractivity contribution in [3.05, 3.63) is 0 Å². The van der Waals surface area contributed by atoms with Crippen LogP contribution in [0.25, 0.3) is 0 Å². The maximum atomic E-state index is 11.9. The summed E-state index contributed by atoms with van der Waals surface area (Å²) in [5, 5.41) is 0. The lowest BCUT2D eigenvalue weighted by atomic mass is 10.1. The minimum atomic E-state index is -0.0293. The van der Waals surface area contributed by atoms with Gasteiger partial charge in [-0.1, -0.05) is 25.7 Å². The molecule has 24 heavy (non-hydrogen) atoms. The van der Waals surface area contributed by atoms with E-state index in [9.17, 15) is 19.2 Å². The van der Waals surface area contributed by atoms with E-state index in [0.717, 1.165) is 51.4 Å². The highest BCUT2D eigenvalue weighted by atomic mass is 16.2. The molecule has 0 aromatic rings. The Morgan fingerprint density at radius 3 is 1.38 bits per heavy atom. The second kappa shape index (κ2) is 9.55. The third-order valence-corrected chi connectivity index (χ3v) is 4.78. The molecule has 2 fully saturated rings. The molecule has 0 aliphatic carbocycles. The lowest BCUT2D eigenvalue weighted by Gasteiger charge is -2.13. The topological polar surface area (TPSA) is 74.8 Å². The van der Waals surface area contributed by atoms with Gasteiger partial charge in [-0.05, 0) is 25.7 Å². The summed E-state index contributed by atoms with van der Waals surface area (Å²) in [6.45, 7) is 1.18. The molecule has 134 valence electrons. The number of nitrogens with zero attached hydrogens (tertiary/aromatic N) is 2. The van der Waals surface area contributed by atoms with Crippen LogP contribution >= 0.6 is 0 Å². The van der Waals surface area contributed by atoms with Gasteiger partial charge in [-0.3, -0.25) is 29.0 Å². The fourth-order valence-corrected chi connectivity index (χ4v) is 3.35. The number of carbonyl (C=O) groups excluding carboxylic acids is 4. The van der Waals surface area contributed by atoms with Crippen molar-refractivity contribution < 1.29 is 19.2 Å². The highest BCUT2D eigenvalue weighted by Crippen LogP contribution is 2.15. The molecule has 0 atom stereocenters. The second-order valence-electron chi connectivity index (χ2n) is 6.71. The van der Waals surface area contributed by atoms with Gasteiger partial charge >= 0.3 is 0 Å². The number of carbonyl (C=O) groups is 4. The summed E-state index contributed by atoms with van der Waals surface area (Å²) in [6.07, 6.45) is 9.21. The molecule has 0 spiro atoms. The molecule has 2 rings (SSSR count). The summed E-state index contributed by atoms with van der Waals surface area (Å²) < 4.78 is 0. The first-order chi connectivity index (χ1) is 11.6. The van der Waals surface area contributed by atoms with Gasteiger partial charge in [-0.2, -0.15) is 0 Å². The average Bonchev–Trinajstić information content (AvgIpc) is 3.17. The van der Waals surface area contributed by atoms with Gasteiger partial charge in [-0.15, -0.1) is 0 Å². The first kappa shape index (κ1) is 18.6. The SMILES string of the molecule is O=C(CCCCCCCCC(=O)N1CCCC1=O)N1CCCC1=O. The number of hydrogen-bond acceptors (Lipinski definition) is 4. The summed E-state index contributed by atoms with van der Waals surface area (Å²) in [5.74, 6) is -0.112. The second-order valence-corrected chi connectivity index (χ2v) is 6.71. The van der Waals surface area contributed by atoms with Crippen molar-refractivity contribution >= 4 is 23.6 Å². The summed E-state index contributed by atoms with van der Waals surface area (Å²) >= 11 is 0. The fourth-order valence-electron chi connectivity index (χ4n) is 3.35. The molecule has 0 aromatic heterocycles. The highest BCUT2D eigenvalue weighted by Gasteiger charge is 2.26. The molecular weight excluding hydrogens is 308 g/mol. The largest absolute Gasteiger partial charge is 0.283 e. The fraction of sp³-hybridized carbons (Fsp3) is 0.778. The standard InChI is InChI=1S/C18H28N2O4/c21-15(19-13-7-11-17(19)23)9-5-3-1-2-4-6-10-16(22)20-14-8-12-18(20)24/h1-14H2. The number of rotatable bonds is 9. The Labute approximate surface area is 143 Å². The smallest absolute Gasteiger partial charge is 0.229 e. The number of imide groups is 2. The summed E-state index contributed by atoms with van der Waals surface area (Å²) in [4.78, 5) is 49.4. The van der Waals surface area contributed by atoms with Gasteiger partial charge in [0.2, 0.25) is 23.6 Å². The minimum absolute atomic E-state index is 0.0267. The van der Waals surface area contributed by atoms with Crippen LogP contribution in [0.1, 0.15) is 77.0 Å². The Bertz CT molecular complexity index is 445. The third-order valence-electron chi connectivity index (χ3n) is 4.78. The normalized spacial score (nSPS) is 17.8. The summed E-state index contributed by atoms with van der Waals surface area (Å²) in [7, 11) is 0. The van der Waals surface area contributed by atoms with Crippen molar-refractivity contribution in [2.24, 2.45) is 0 Å². The van der Waals surface area contributed by atoms with Crippen molar-refractivity contribution in [3.63, 3.8) is 0 Å². The lowest BCUT2D eigenvalue weighted by Crippen LogP contribution is -2.31. The maximum Gasteiger partial charge on any atom is 0.229 e. The first-order valence-electron chi connectivity index (χ1n) is 9.26. The molecule has 6 nitrogen and oxygen atoms in total. The van der Waals surface area contributed by atoms with E-state index < -0.39 is 0 Å². The molecule has 2 heterocycles. The van der Waals surface area contributed by atoms with E-state index in [1.807, 2.05) is 0 Å². The van der Waals surface area contributed by atoms with Crippen LogP contribution in [0, 0.1) is 0 Å². The summed E-state index contributed by atoms with van der Waals surface area (Å²) in [6, 6.07) is 0. The predicted molar refractivity (Wildman–Crippen MR) is 88.8 cm³/mol. The molecule has 0 saturated carbocycles. The van der Waals surface area contributed by atoms with Gasteiger partial charge in [-0.25, -0.2) is 0 Å². The van der Waals surface area contributed by atoms with E-state index in [-0.39, 0.29) is 23.6 Å². The molecule has 0 unspecified atom stereocenters. The average molecular weight is 336 g/mol. The zero-order chi connectivity index (χ0) is 17.4. The molecule has 4 amide bonds. The van der Waals surface area contributed by atoms with Crippen LogP contribution in [0.3, 0.4) is 0 Å². The highest BCUT2D eigenvalue weighted by molar-refractivity contribution is 5.97. The number of amides is 4. The van der Waals surface area contributed by atoms with Crippen molar-refractivity contribution in [2.45, 2.75) is 77.0 Å². The van der Waals surface area contributed by atoms with E-state index in [2.05, 4.69) is 0 Å². The lowest BCUT2D eigenvalue weighted by molar-refractivity contribution is -0.143.